The monoisotopic (exact) mass is 366 g/mol. The van der Waals surface area contributed by atoms with Crippen LogP contribution >= 0.6 is 11.3 Å². The Labute approximate surface area is 154 Å². The van der Waals surface area contributed by atoms with Crippen molar-refractivity contribution in [2.24, 2.45) is 0 Å². The van der Waals surface area contributed by atoms with E-state index in [9.17, 15) is 4.79 Å². The van der Waals surface area contributed by atoms with E-state index < -0.39 is 0 Å². The number of nitrogens with one attached hydrogen (secondary N) is 2. The van der Waals surface area contributed by atoms with E-state index in [1.165, 1.54) is 0 Å². The average molecular weight is 366 g/mol. The Hall–Kier alpha value is -2.92. The number of piperidine rings is 1. The minimum absolute atomic E-state index is 0.0594. The minimum Gasteiger partial charge on any atom is -0.379 e. The number of anilines is 1. The molecule has 7 nitrogen and oxygen atoms in total. The number of amides is 1. The summed E-state index contributed by atoms with van der Waals surface area (Å²) in [4.78, 5) is 26.7. The molecule has 0 bridgehead atoms. The fraction of sp³-hybridized carbons (Fsp3) is 0.333. The highest BCUT2D eigenvalue weighted by Gasteiger charge is 2.25. The van der Waals surface area contributed by atoms with Gasteiger partial charge in [0.05, 0.1) is 22.1 Å². The van der Waals surface area contributed by atoms with Crippen LogP contribution in [0.4, 0.5) is 5.69 Å². The quantitative estimate of drug-likeness (QED) is 0.740. The van der Waals surface area contributed by atoms with Crippen molar-refractivity contribution in [3.05, 3.63) is 30.2 Å². The van der Waals surface area contributed by atoms with Crippen molar-refractivity contribution in [2.45, 2.75) is 25.3 Å². The average Bonchev–Trinajstić information content (AvgIpc) is 3.34. The normalized spacial score (nSPS) is 17.2. The van der Waals surface area contributed by atoms with Crippen LogP contribution in [0.1, 0.15) is 19.3 Å². The van der Waals surface area contributed by atoms with E-state index in [4.69, 9.17) is 5.26 Å². The lowest BCUT2D eigenvalue weighted by atomic mass is 10.0. The predicted molar refractivity (Wildman–Crippen MR) is 101 cm³/mol. The molecular formula is C18H18N6OS. The maximum absolute atomic E-state index is 12.1. The molecule has 1 atom stereocenters. The van der Waals surface area contributed by atoms with Crippen LogP contribution in [0.25, 0.3) is 21.5 Å². The highest BCUT2D eigenvalue weighted by Crippen LogP contribution is 2.36. The van der Waals surface area contributed by atoms with Crippen molar-refractivity contribution in [3.8, 4) is 16.5 Å². The van der Waals surface area contributed by atoms with Crippen LogP contribution in [-0.4, -0.2) is 44.9 Å². The second kappa shape index (κ2) is 7.14. The number of thiazole rings is 1. The van der Waals surface area contributed by atoms with Gasteiger partial charge in [0.1, 0.15) is 12.1 Å². The fourth-order valence-electron chi connectivity index (χ4n) is 3.40. The van der Waals surface area contributed by atoms with Crippen molar-refractivity contribution < 1.29 is 4.79 Å². The molecule has 4 rings (SSSR count). The summed E-state index contributed by atoms with van der Waals surface area (Å²) >= 11 is 1.57. The largest absolute Gasteiger partial charge is 0.379 e. The van der Waals surface area contributed by atoms with Crippen LogP contribution in [-0.2, 0) is 4.79 Å². The molecule has 1 aliphatic rings. The highest BCUT2D eigenvalue weighted by molar-refractivity contribution is 7.13. The molecule has 3 aromatic heterocycles. The minimum atomic E-state index is -0.0943. The number of H-pyrrole nitrogens is 1. The van der Waals surface area contributed by atoms with Gasteiger partial charge in [0.25, 0.3) is 0 Å². The standard InChI is InChI=1S/C18H18N6OS/c19-5-3-16(25)24-7-1-2-12(10-24)23-17-13-4-6-21-18(13)22-8-14(17)15-9-20-11-26-15/h4,6,8-9,11-12H,1-3,7,10H2,(H2,21,22,23). The zero-order valence-electron chi connectivity index (χ0n) is 14.1. The number of hydrogen-bond donors (Lipinski definition) is 2. The summed E-state index contributed by atoms with van der Waals surface area (Å²) in [6.45, 7) is 1.33. The molecular weight excluding hydrogens is 348 g/mol. The van der Waals surface area contributed by atoms with Gasteiger partial charge in [0.2, 0.25) is 5.91 Å². The summed E-state index contributed by atoms with van der Waals surface area (Å²) < 4.78 is 0. The molecule has 4 heterocycles. The molecule has 1 unspecified atom stereocenters. The summed E-state index contributed by atoms with van der Waals surface area (Å²) in [5, 5.41) is 13.4. The van der Waals surface area contributed by atoms with Gasteiger partial charge >= 0.3 is 0 Å². The van der Waals surface area contributed by atoms with Crippen LogP contribution in [0.3, 0.4) is 0 Å². The molecule has 1 aliphatic heterocycles. The molecule has 1 amide bonds. The number of rotatable bonds is 4. The molecule has 0 aromatic carbocycles. The Morgan fingerprint density at radius 1 is 1.50 bits per heavy atom. The second-order valence-electron chi connectivity index (χ2n) is 6.31. The molecule has 8 heteroatoms. The third-order valence-electron chi connectivity index (χ3n) is 4.64. The van der Waals surface area contributed by atoms with E-state index in [0.29, 0.717) is 6.54 Å². The molecule has 3 aromatic rings. The number of aromatic amines is 1. The second-order valence-corrected chi connectivity index (χ2v) is 7.20. The smallest absolute Gasteiger partial charge is 0.236 e. The van der Waals surface area contributed by atoms with E-state index in [1.54, 1.807) is 16.2 Å². The maximum Gasteiger partial charge on any atom is 0.236 e. The van der Waals surface area contributed by atoms with Gasteiger partial charge in [-0.25, -0.2) is 4.98 Å². The summed E-state index contributed by atoms with van der Waals surface area (Å²) in [6, 6.07) is 4.10. The molecule has 0 saturated carbocycles. The third kappa shape index (κ3) is 3.13. The van der Waals surface area contributed by atoms with E-state index in [1.807, 2.05) is 36.2 Å². The number of fused-ring (bicyclic) bond motifs is 1. The van der Waals surface area contributed by atoms with Crippen molar-refractivity contribution in [3.63, 3.8) is 0 Å². The topological polar surface area (TPSA) is 97.7 Å². The Bertz CT molecular complexity index is 958. The number of hydrogen-bond acceptors (Lipinski definition) is 6. The highest BCUT2D eigenvalue weighted by atomic mass is 32.1. The summed E-state index contributed by atoms with van der Waals surface area (Å²) in [5.41, 5.74) is 4.66. The lowest BCUT2D eigenvalue weighted by Crippen LogP contribution is -2.45. The van der Waals surface area contributed by atoms with Crippen molar-refractivity contribution in [1.29, 1.82) is 5.26 Å². The fourth-order valence-corrected chi connectivity index (χ4v) is 4.04. The van der Waals surface area contributed by atoms with Crippen LogP contribution in [0.2, 0.25) is 0 Å². The van der Waals surface area contributed by atoms with Gasteiger partial charge in [-0.1, -0.05) is 0 Å². The van der Waals surface area contributed by atoms with Gasteiger partial charge in [0.15, 0.2) is 0 Å². The first kappa shape index (κ1) is 16.5. The van der Waals surface area contributed by atoms with Gasteiger partial charge in [-0.15, -0.1) is 11.3 Å². The number of aromatic nitrogens is 3. The lowest BCUT2D eigenvalue weighted by molar-refractivity contribution is -0.131. The van der Waals surface area contributed by atoms with Gasteiger partial charge in [-0.2, -0.15) is 5.26 Å². The van der Waals surface area contributed by atoms with E-state index in [2.05, 4.69) is 20.3 Å². The van der Waals surface area contributed by atoms with E-state index in [-0.39, 0.29) is 18.4 Å². The summed E-state index contributed by atoms with van der Waals surface area (Å²) in [6.07, 6.45) is 7.42. The number of likely N-dealkylation sites (tertiary alicyclic amines) is 1. The zero-order chi connectivity index (χ0) is 17.9. The van der Waals surface area contributed by atoms with Crippen molar-refractivity contribution >= 4 is 34.0 Å². The molecule has 0 radical (unpaired) electrons. The molecule has 26 heavy (non-hydrogen) atoms. The van der Waals surface area contributed by atoms with Gasteiger partial charge < -0.3 is 15.2 Å². The van der Waals surface area contributed by atoms with E-state index >= 15 is 0 Å². The first-order valence-corrected chi connectivity index (χ1v) is 9.40. The van der Waals surface area contributed by atoms with Crippen molar-refractivity contribution in [1.82, 2.24) is 19.9 Å². The molecule has 132 valence electrons. The Morgan fingerprint density at radius 3 is 3.23 bits per heavy atom. The van der Waals surface area contributed by atoms with E-state index in [0.717, 1.165) is 46.5 Å². The molecule has 1 fully saturated rings. The van der Waals surface area contributed by atoms with Gasteiger partial charge in [0, 0.05) is 48.7 Å². The lowest BCUT2D eigenvalue weighted by Gasteiger charge is -2.33. The number of nitriles is 1. The first-order valence-electron chi connectivity index (χ1n) is 8.52. The number of carbonyl (C=O) groups is 1. The Morgan fingerprint density at radius 2 is 2.42 bits per heavy atom. The van der Waals surface area contributed by atoms with Crippen LogP contribution in [0, 0.1) is 11.3 Å². The third-order valence-corrected chi connectivity index (χ3v) is 5.44. The summed E-state index contributed by atoms with van der Waals surface area (Å²) in [7, 11) is 0. The molecule has 1 saturated heterocycles. The van der Waals surface area contributed by atoms with Crippen molar-refractivity contribution in [2.75, 3.05) is 18.4 Å². The SMILES string of the molecule is N#CCC(=O)N1CCCC(Nc2c(-c3cncs3)cnc3[nH]ccc23)C1. The summed E-state index contributed by atoms with van der Waals surface area (Å²) in [5.74, 6) is -0.0943. The number of pyridine rings is 1. The van der Waals surface area contributed by atoms with Crippen LogP contribution in [0.5, 0.6) is 0 Å². The maximum atomic E-state index is 12.1. The predicted octanol–water partition coefficient (Wildman–Crippen LogP) is 3.00. The van der Waals surface area contributed by atoms with Gasteiger partial charge in [-0.05, 0) is 18.9 Å². The molecule has 0 spiro atoms. The Balaban J connectivity index is 1.64. The Kier molecular flexibility index (Phi) is 4.54. The van der Waals surface area contributed by atoms with Crippen LogP contribution < -0.4 is 5.32 Å². The zero-order valence-corrected chi connectivity index (χ0v) is 14.9. The van der Waals surface area contributed by atoms with Crippen LogP contribution in [0.15, 0.2) is 30.2 Å². The molecule has 0 aliphatic carbocycles. The first-order chi connectivity index (χ1) is 12.8. The number of nitrogens with zero attached hydrogens (tertiary/aromatic N) is 4. The number of carbonyl (C=O) groups excluding carboxylic acids is 1. The van der Waals surface area contributed by atoms with Gasteiger partial charge in [-0.3, -0.25) is 9.78 Å². The molecule has 2 N–H and O–H groups in total.